The molecule has 1 N–H and O–H groups in total. The molecule has 0 aliphatic heterocycles. The minimum atomic E-state index is -0.442. The van der Waals surface area contributed by atoms with Gasteiger partial charge in [-0.2, -0.15) is 4.39 Å². The van der Waals surface area contributed by atoms with Crippen LogP contribution in [0.15, 0.2) is 36.4 Å². The molecule has 0 saturated carbocycles. The highest BCUT2D eigenvalue weighted by atomic mass is 19.1. The van der Waals surface area contributed by atoms with Gasteiger partial charge in [0, 0.05) is 10.9 Å². The van der Waals surface area contributed by atoms with Gasteiger partial charge in [-0.15, -0.1) is 0 Å². The average molecular weight is 186 g/mol. The molecule has 0 atom stereocenters. The lowest BCUT2D eigenvalue weighted by atomic mass is 10.2. The maximum atomic E-state index is 12.9. The number of para-hydroxylation sites is 1. The van der Waals surface area contributed by atoms with Crippen LogP contribution in [0.3, 0.4) is 0 Å². The number of hydrogen-bond acceptors (Lipinski definition) is 1. The second kappa shape index (κ2) is 2.54. The third kappa shape index (κ3) is 0.923. The van der Waals surface area contributed by atoms with Gasteiger partial charge in [-0.05, 0) is 18.2 Å². The SMILES string of the molecule is Fc1ccc2[nH]c3ccccc3c2n1. The van der Waals surface area contributed by atoms with E-state index in [-0.39, 0.29) is 0 Å². The van der Waals surface area contributed by atoms with Gasteiger partial charge < -0.3 is 4.98 Å². The van der Waals surface area contributed by atoms with Crippen LogP contribution in [0.25, 0.3) is 21.9 Å². The van der Waals surface area contributed by atoms with E-state index in [1.165, 1.54) is 6.07 Å². The average Bonchev–Trinajstić information content (AvgIpc) is 2.56. The van der Waals surface area contributed by atoms with Gasteiger partial charge in [-0.1, -0.05) is 18.2 Å². The second-order valence-corrected chi connectivity index (χ2v) is 3.20. The molecule has 68 valence electrons. The molecule has 3 heteroatoms. The Hall–Kier alpha value is -1.90. The first-order valence-electron chi connectivity index (χ1n) is 4.37. The molecule has 0 saturated heterocycles. The number of halogens is 1. The third-order valence-electron chi connectivity index (χ3n) is 2.31. The Morgan fingerprint density at radius 2 is 1.86 bits per heavy atom. The number of aromatic amines is 1. The van der Waals surface area contributed by atoms with Crippen molar-refractivity contribution in [2.75, 3.05) is 0 Å². The quantitative estimate of drug-likeness (QED) is 0.537. The number of aromatic nitrogens is 2. The van der Waals surface area contributed by atoms with Crippen molar-refractivity contribution < 1.29 is 4.39 Å². The molecule has 14 heavy (non-hydrogen) atoms. The lowest BCUT2D eigenvalue weighted by Gasteiger charge is -1.89. The molecule has 2 heterocycles. The summed E-state index contributed by atoms with van der Waals surface area (Å²) in [5.74, 6) is -0.442. The summed E-state index contributed by atoms with van der Waals surface area (Å²) in [7, 11) is 0. The number of fused-ring (bicyclic) bond motifs is 3. The van der Waals surface area contributed by atoms with E-state index in [2.05, 4.69) is 9.97 Å². The molecule has 0 aliphatic carbocycles. The Morgan fingerprint density at radius 3 is 2.79 bits per heavy atom. The summed E-state index contributed by atoms with van der Waals surface area (Å²) in [6.07, 6.45) is 0. The van der Waals surface area contributed by atoms with Gasteiger partial charge in [0.05, 0.1) is 11.0 Å². The van der Waals surface area contributed by atoms with E-state index in [9.17, 15) is 4.39 Å². The summed E-state index contributed by atoms with van der Waals surface area (Å²) in [6.45, 7) is 0. The van der Waals surface area contributed by atoms with Crippen LogP contribution in [0.2, 0.25) is 0 Å². The zero-order valence-electron chi connectivity index (χ0n) is 7.29. The van der Waals surface area contributed by atoms with Crippen LogP contribution in [0, 0.1) is 5.95 Å². The van der Waals surface area contributed by atoms with Crippen LogP contribution in [-0.2, 0) is 0 Å². The van der Waals surface area contributed by atoms with Crippen molar-refractivity contribution in [2.45, 2.75) is 0 Å². The molecule has 3 aromatic rings. The van der Waals surface area contributed by atoms with Gasteiger partial charge in [-0.25, -0.2) is 4.98 Å². The fourth-order valence-corrected chi connectivity index (χ4v) is 1.69. The summed E-state index contributed by atoms with van der Waals surface area (Å²) in [5, 5.41) is 0.960. The molecule has 2 nitrogen and oxygen atoms in total. The van der Waals surface area contributed by atoms with E-state index in [1.54, 1.807) is 6.07 Å². The number of nitrogens with zero attached hydrogens (tertiary/aromatic N) is 1. The zero-order valence-corrected chi connectivity index (χ0v) is 7.29. The molecule has 0 fully saturated rings. The number of benzene rings is 1. The van der Waals surface area contributed by atoms with Gasteiger partial charge in [0.15, 0.2) is 0 Å². The van der Waals surface area contributed by atoms with E-state index in [0.29, 0.717) is 5.52 Å². The lowest BCUT2D eigenvalue weighted by Crippen LogP contribution is -1.80. The Labute approximate surface area is 79.4 Å². The number of hydrogen-bond donors (Lipinski definition) is 1. The van der Waals surface area contributed by atoms with E-state index >= 15 is 0 Å². The first-order chi connectivity index (χ1) is 6.84. The van der Waals surface area contributed by atoms with Crippen LogP contribution in [-0.4, -0.2) is 9.97 Å². The molecular formula is C11H7FN2. The predicted molar refractivity (Wildman–Crippen MR) is 53.6 cm³/mol. The Morgan fingerprint density at radius 1 is 1.00 bits per heavy atom. The van der Waals surface area contributed by atoms with Crippen LogP contribution in [0.1, 0.15) is 0 Å². The summed E-state index contributed by atoms with van der Waals surface area (Å²) < 4.78 is 12.9. The van der Waals surface area contributed by atoms with Crippen molar-refractivity contribution in [3.8, 4) is 0 Å². The van der Waals surface area contributed by atoms with E-state index in [0.717, 1.165) is 16.4 Å². The minimum absolute atomic E-state index is 0.442. The zero-order chi connectivity index (χ0) is 9.54. The highest BCUT2D eigenvalue weighted by molar-refractivity contribution is 6.04. The smallest absolute Gasteiger partial charge is 0.213 e. The summed E-state index contributed by atoms with van der Waals surface area (Å²) in [4.78, 5) is 7.04. The standard InChI is InChI=1S/C11H7FN2/c12-10-6-5-9-11(14-10)7-3-1-2-4-8(7)13-9/h1-6,13H. The maximum absolute atomic E-state index is 12.9. The maximum Gasteiger partial charge on any atom is 0.213 e. The Bertz CT molecular complexity index is 613. The molecule has 0 aliphatic rings. The molecular weight excluding hydrogens is 179 g/mol. The predicted octanol–water partition coefficient (Wildman–Crippen LogP) is 2.86. The summed E-state index contributed by atoms with van der Waals surface area (Å²) >= 11 is 0. The number of pyridine rings is 1. The number of rotatable bonds is 0. The van der Waals surface area contributed by atoms with Gasteiger partial charge in [-0.3, -0.25) is 0 Å². The fraction of sp³-hybridized carbons (Fsp3) is 0. The van der Waals surface area contributed by atoms with Crippen molar-refractivity contribution >= 4 is 21.9 Å². The molecule has 0 unspecified atom stereocenters. The number of nitrogens with one attached hydrogen (secondary N) is 1. The van der Waals surface area contributed by atoms with Crippen LogP contribution in [0.5, 0.6) is 0 Å². The van der Waals surface area contributed by atoms with E-state index in [1.807, 2.05) is 24.3 Å². The van der Waals surface area contributed by atoms with Crippen molar-refractivity contribution in [1.29, 1.82) is 0 Å². The van der Waals surface area contributed by atoms with E-state index in [4.69, 9.17) is 0 Å². The number of H-pyrrole nitrogens is 1. The molecule has 0 spiro atoms. The largest absolute Gasteiger partial charge is 0.353 e. The fourth-order valence-electron chi connectivity index (χ4n) is 1.69. The van der Waals surface area contributed by atoms with Crippen molar-refractivity contribution in [2.24, 2.45) is 0 Å². The molecule has 2 aromatic heterocycles. The first-order valence-corrected chi connectivity index (χ1v) is 4.37. The Kier molecular flexibility index (Phi) is 1.36. The van der Waals surface area contributed by atoms with Gasteiger partial charge in [0.1, 0.15) is 0 Å². The Balaban J connectivity index is 2.58. The molecule has 0 radical (unpaired) electrons. The minimum Gasteiger partial charge on any atom is -0.353 e. The summed E-state index contributed by atoms with van der Waals surface area (Å²) in [5.41, 5.74) is 2.55. The molecule has 3 rings (SSSR count). The highest BCUT2D eigenvalue weighted by Crippen LogP contribution is 2.22. The second-order valence-electron chi connectivity index (χ2n) is 3.20. The van der Waals surface area contributed by atoms with Gasteiger partial charge in [0.2, 0.25) is 5.95 Å². The summed E-state index contributed by atoms with van der Waals surface area (Å²) in [6, 6.07) is 10.8. The van der Waals surface area contributed by atoms with Crippen molar-refractivity contribution in [3.63, 3.8) is 0 Å². The molecule has 0 amide bonds. The monoisotopic (exact) mass is 186 g/mol. The first kappa shape index (κ1) is 7.50. The normalized spacial score (nSPS) is 11.2. The highest BCUT2D eigenvalue weighted by Gasteiger charge is 2.04. The topological polar surface area (TPSA) is 28.7 Å². The van der Waals surface area contributed by atoms with Crippen molar-refractivity contribution in [3.05, 3.63) is 42.3 Å². The van der Waals surface area contributed by atoms with Gasteiger partial charge in [0.25, 0.3) is 0 Å². The van der Waals surface area contributed by atoms with Crippen LogP contribution in [0.4, 0.5) is 4.39 Å². The van der Waals surface area contributed by atoms with E-state index < -0.39 is 5.95 Å². The van der Waals surface area contributed by atoms with Crippen LogP contribution >= 0.6 is 0 Å². The van der Waals surface area contributed by atoms with Gasteiger partial charge >= 0.3 is 0 Å². The lowest BCUT2D eigenvalue weighted by molar-refractivity contribution is 0.589. The molecule has 0 bridgehead atoms. The molecule has 1 aromatic carbocycles. The van der Waals surface area contributed by atoms with Crippen LogP contribution < -0.4 is 0 Å². The van der Waals surface area contributed by atoms with Crippen molar-refractivity contribution in [1.82, 2.24) is 9.97 Å². The third-order valence-corrected chi connectivity index (χ3v) is 2.31.